The fourth-order valence-corrected chi connectivity index (χ4v) is 4.45. The molecule has 5 rings (SSSR count). The van der Waals surface area contributed by atoms with E-state index in [0.29, 0.717) is 31.1 Å². The molecule has 0 unspecified atom stereocenters. The number of alkyl halides is 3. The maximum absolute atomic E-state index is 12.9. The van der Waals surface area contributed by atoms with E-state index in [4.69, 9.17) is 14.2 Å². The van der Waals surface area contributed by atoms with Gasteiger partial charge in [-0.25, -0.2) is 4.79 Å². The van der Waals surface area contributed by atoms with Gasteiger partial charge in [-0.15, -0.1) is 0 Å². The Bertz CT molecular complexity index is 1450. The molecule has 1 fully saturated rings. The number of nitrogens with zero attached hydrogens (tertiary/aromatic N) is 5. The van der Waals surface area contributed by atoms with Crippen molar-refractivity contribution < 1.29 is 27.4 Å². The Balaban J connectivity index is 1.32. The number of pyridine rings is 1. The van der Waals surface area contributed by atoms with Crippen molar-refractivity contribution in [1.29, 1.82) is 5.26 Å². The first-order valence-electron chi connectivity index (χ1n) is 11.4. The Morgan fingerprint density at radius 1 is 1.27 bits per heavy atom. The third-order valence-corrected chi connectivity index (χ3v) is 6.31. The second-order valence-corrected chi connectivity index (χ2v) is 9.26. The fraction of sp³-hybridized carbons (Fsp3) is 0.360. The van der Waals surface area contributed by atoms with Crippen LogP contribution in [0.4, 0.5) is 19.0 Å². The molecule has 0 amide bonds. The summed E-state index contributed by atoms with van der Waals surface area (Å²) < 4.78 is 57.5. The smallest absolute Gasteiger partial charge is 0.433 e. The van der Waals surface area contributed by atoms with E-state index in [9.17, 15) is 23.2 Å². The molecule has 2 aliphatic heterocycles. The molecule has 0 bridgehead atoms. The van der Waals surface area contributed by atoms with Crippen LogP contribution in [0.25, 0.3) is 0 Å². The molecule has 0 spiro atoms. The number of halogens is 3. The fourth-order valence-electron chi connectivity index (χ4n) is 4.45. The van der Waals surface area contributed by atoms with Crippen LogP contribution in [-0.4, -0.2) is 39.3 Å². The summed E-state index contributed by atoms with van der Waals surface area (Å²) in [4.78, 5) is 22.2. The van der Waals surface area contributed by atoms with Crippen molar-refractivity contribution in [3.05, 3.63) is 69.9 Å². The summed E-state index contributed by atoms with van der Waals surface area (Å²) in [5.41, 5.74) is -1.18. The average molecular weight is 513 g/mol. The molecular weight excluding hydrogens is 491 g/mol. The summed E-state index contributed by atoms with van der Waals surface area (Å²) in [5, 5.41) is 9.55. The minimum atomic E-state index is -4.62. The summed E-state index contributed by atoms with van der Waals surface area (Å²) in [7, 11) is 0. The molecule has 0 aliphatic carbocycles. The molecule has 0 radical (unpaired) electrons. The van der Waals surface area contributed by atoms with Crippen molar-refractivity contribution in [3.8, 4) is 23.4 Å². The first kappa shape index (κ1) is 24.6. The lowest BCUT2D eigenvalue weighted by atomic mass is 10.0. The Morgan fingerprint density at radius 3 is 2.84 bits per heavy atom. The summed E-state index contributed by atoms with van der Waals surface area (Å²) in [6, 6.07) is 10.3. The quantitative estimate of drug-likeness (QED) is 0.506. The molecule has 2 atom stereocenters. The van der Waals surface area contributed by atoms with E-state index < -0.39 is 17.6 Å². The number of nitriles is 1. The topological polar surface area (TPSA) is 103 Å². The lowest BCUT2D eigenvalue weighted by molar-refractivity contribution is -0.141. The van der Waals surface area contributed by atoms with Gasteiger partial charge in [-0.1, -0.05) is 6.07 Å². The van der Waals surface area contributed by atoms with E-state index in [-0.39, 0.29) is 41.2 Å². The van der Waals surface area contributed by atoms with Crippen LogP contribution in [-0.2, 0) is 24.1 Å². The monoisotopic (exact) mass is 513 g/mol. The first-order valence-corrected chi connectivity index (χ1v) is 11.4. The zero-order chi connectivity index (χ0) is 26.4. The van der Waals surface area contributed by atoms with Crippen molar-refractivity contribution in [2.75, 3.05) is 18.1 Å². The SMILES string of the molecule is C[C@H]1CN2c3cc(OCc4ccc(Oc5ccnc(C(F)(F)F)c5)c(C#N)c4)nc(=O)n3C[C@]2(C)CO1. The van der Waals surface area contributed by atoms with Crippen molar-refractivity contribution in [2.24, 2.45) is 0 Å². The van der Waals surface area contributed by atoms with E-state index in [2.05, 4.69) is 14.9 Å². The number of hydrogen-bond donors (Lipinski definition) is 0. The summed E-state index contributed by atoms with van der Waals surface area (Å²) >= 11 is 0. The lowest BCUT2D eigenvalue weighted by Gasteiger charge is -2.42. The van der Waals surface area contributed by atoms with Gasteiger partial charge in [0.1, 0.15) is 35.7 Å². The predicted molar refractivity (Wildman–Crippen MR) is 124 cm³/mol. The molecule has 4 heterocycles. The summed E-state index contributed by atoms with van der Waals surface area (Å²) in [6.45, 7) is 5.62. The van der Waals surface area contributed by atoms with Gasteiger partial charge in [0.25, 0.3) is 0 Å². The zero-order valence-corrected chi connectivity index (χ0v) is 20.0. The highest BCUT2D eigenvalue weighted by atomic mass is 19.4. The number of morpholine rings is 1. The van der Waals surface area contributed by atoms with E-state index >= 15 is 0 Å². The molecule has 37 heavy (non-hydrogen) atoms. The number of anilines is 1. The second-order valence-electron chi connectivity index (χ2n) is 9.26. The zero-order valence-electron chi connectivity index (χ0n) is 20.0. The maximum atomic E-state index is 12.9. The molecule has 0 saturated carbocycles. The number of ether oxygens (including phenoxy) is 3. The highest BCUT2D eigenvalue weighted by Crippen LogP contribution is 2.37. The van der Waals surface area contributed by atoms with E-state index in [1.807, 2.05) is 19.9 Å². The van der Waals surface area contributed by atoms with Crippen LogP contribution in [0.1, 0.15) is 30.7 Å². The molecule has 1 saturated heterocycles. The number of rotatable bonds is 5. The van der Waals surface area contributed by atoms with E-state index in [1.54, 1.807) is 16.7 Å². The third-order valence-electron chi connectivity index (χ3n) is 6.31. The van der Waals surface area contributed by atoms with E-state index in [1.165, 1.54) is 18.2 Å². The standard InChI is InChI=1S/C25H22F3N5O4/c1-15-11-33-22-9-21(31-23(34)32(22)13-24(33,2)14-36-15)35-12-16-3-4-19(17(7-16)10-29)37-18-5-6-30-20(8-18)25(26,27)28/h3-9,15H,11-14H2,1-2H3/t15-,24+/m0/s1. The lowest BCUT2D eigenvalue weighted by Crippen LogP contribution is -2.55. The molecule has 3 aromatic rings. The van der Waals surface area contributed by atoms with Gasteiger partial charge in [-0.2, -0.15) is 23.4 Å². The number of fused-ring (bicyclic) bond motifs is 3. The number of hydrogen-bond acceptors (Lipinski definition) is 8. The van der Waals surface area contributed by atoms with Crippen LogP contribution >= 0.6 is 0 Å². The molecular formula is C25H22F3N5O4. The Hall–Kier alpha value is -4.11. The van der Waals surface area contributed by atoms with Gasteiger partial charge >= 0.3 is 11.9 Å². The predicted octanol–water partition coefficient (Wildman–Crippen LogP) is 3.90. The van der Waals surface area contributed by atoms with Crippen LogP contribution in [0.2, 0.25) is 0 Å². The molecule has 0 N–H and O–H groups in total. The molecule has 12 heteroatoms. The Kier molecular flexibility index (Phi) is 6.03. The van der Waals surface area contributed by atoms with Gasteiger partial charge in [0.15, 0.2) is 0 Å². The molecule has 2 aromatic heterocycles. The normalized spacial score (nSPS) is 20.6. The van der Waals surface area contributed by atoms with Crippen LogP contribution in [0, 0.1) is 11.3 Å². The van der Waals surface area contributed by atoms with Crippen LogP contribution in [0.3, 0.4) is 0 Å². The van der Waals surface area contributed by atoms with Crippen LogP contribution in [0.15, 0.2) is 47.4 Å². The summed E-state index contributed by atoms with van der Waals surface area (Å²) in [5.74, 6) is 0.843. The molecule has 2 aliphatic rings. The van der Waals surface area contributed by atoms with Crippen molar-refractivity contribution in [1.82, 2.24) is 14.5 Å². The van der Waals surface area contributed by atoms with Gasteiger partial charge < -0.3 is 19.1 Å². The highest BCUT2D eigenvalue weighted by molar-refractivity contribution is 5.50. The second kappa shape index (κ2) is 9.08. The van der Waals surface area contributed by atoms with Gasteiger partial charge in [0.05, 0.1) is 30.4 Å². The van der Waals surface area contributed by atoms with Gasteiger partial charge in [-0.05, 0) is 37.6 Å². The highest BCUT2D eigenvalue weighted by Gasteiger charge is 2.45. The van der Waals surface area contributed by atoms with Crippen LogP contribution < -0.4 is 20.1 Å². The molecule has 1 aromatic carbocycles. The maximum Gasteiger partial charge on any atom is 0.433 e. The van der Waals surface area contributed by atoms with Crippen LogP contribution in [0.5, 0.6) is 17.4 Å². The van der Waals surface area contributed by atoms with Gasteiger partial charge in [0, 0.05) is 24.9 Å². The summed E-state index contributed by atoms with van der Waals surface area (Å²) in [6.07, 6.45) is -3.62. The molecule has 9 nitrogen and oxygen atoms in total. The Labute approximate surface area is 209 Å². The van der Waals surface area contributed by atoms with Crippen molar-refractivity contribution in [3.63, 3.8) is 0 Å². The van der Waals surface area contributed by atoms with E-state index in [0.717, 1.165) is 12.3 Å². The minimum absolute atomic E-state index is 0.00904. The largest absolute Gasteiger partial charge is 0.473 e. The Morgan fingerprint density at radius 2 is 2.08 bits per heavy atom. The van der Waals surface area contributed by atoms with Gasteiger partial charge in [0.2, 0.25) is 5.88 Å². The third kappa shape index (κ3) is 4.82. The number of benzene rings is 1. The first-order chi connectivity index (χ1) is 17.6. The van der Waals surface area contributed by atoms with Crippen molar-refractivity contribution >= 4 is 5.82 Å². The van der Waals surface area contributed by atoms with Crippen molar-refractivity contribution in [2.45, 2.75) is 44.8 Å². The minimum Gasteiger partial charge on any atom is -0.473 e. The average Bonchev–Trinajstić information content (AvgIpc) is 3.15. The number of aromatic nitrogens is 3. The molecule has 192 valence electrons. The van der Waals surface area contributed by atoms with Gasteiger partial charge in [-0.3, -0.25) is 9.55 Å².